The Labute approximate surface area is 177 Å². The third-order valence-electron chi connectivity index (χ3n) is 5.08. The SMILES string of the molecule is C=CC(=O)Nc1ccc(-n2c(=O)ccc3oc4ccc(-c5cccnc5)cc4c32)cc1. The van der Waals surface area contributed by atoms with Gasteiger partial charge in [0.2, 0.25) is 5.91 Å². The average Bonchev–Trinajstić information content (AvgIpc) is 3.18. The standard InChI is InChI=1S/C25H17N3O3/c1-2-23(29)27-18-6-8-19(9-7-18)28-24(30)12-11-22-25(28)20-14-16(5-10-21(20)31-22)17-4-3-13-26-15-17/h2-15H,1H2,(H,27,29). The molecule has 0 unspecified atom stereocenters. The largest absolute Gasteiger partial charge is 0.454 e. The summed E-state index contributed by atoms with van der Waals surface area (Å²) in [6.45, 7) is 3.45. The number of anilines is 1. The van der Waals surface area contributed by atoms with Gasteiger partial charge < -0.3 is 9.73 Å². The van der Waals surface area contributed by atoms with Gasteiger partial charge in [-0.2, -0.15) is 0 Å². The molecular weight excluding hydrogens is 390 g/mol. The van der Waals surface area contributed by atoms with E-state index < -0.39 is 0 Å². The summed E-state index contributed by atoms with van der Waals surface area (Å²) >= 11 is 0. The predicted molar refractivity (Wildman–Crippen MR) is 121 cm³/mol. The number of carbonyl (C=O) groups excluding carboxylic acids is 1. The first-order chi connectivity index (χ1) is 15.1. The minimum absolute atomic E-state index is 0.176. The van der Waals surface area contributed by atoms with Crippen molar-refractivity contribution in [2.24, 2.45) is 0 Å². The van der Waals surface area contributed by atoms with Crippen LogP contribution in [0.1, 0.15) is 0 Å². The van der Waals surface area contributed by atoms with Gasteiger partial charge in [-0.05, 0) is 60.2 Å². The molecule has 0 radical (unpaired) electrons. The molecule has 1 amide bonds. The highest BCUT2D eigenvalue weighted by molar-refractivity contribution is 6.05. The van der Waals surface area contributed by atoms with E-state index in [1.54, 1.807) is 47.3 Å². The lowest BCUT2D eigenvalue weighted by molar-refractivity contribution is -0.111. The number of hydrogen-bond acceptors (Lipinski definition) is 4. The van der Waals surface area contributed by atoms with Crippen LogP contribution in [0.2, 0.25) is 0 Å². The molecule has 0 bridgehead atoms. The van der Waals surface area contributed by atoms with E-state index in [-0.39, 0.29) is 11.5 Å². The summed E-state index contributed by atoms with van der Waals surface area (Å²) in [5.74, 6) is -0.296. The number of pyridine rings is 2. The predicted octanol–water partition coefficient (Wildman–Crippen LogP) is 4.92. The minimum atomic E-state index is -0.296. The third kappa shape index (κ3) is 3.30. The maximum atomic E-state index is 12.9. The van der Waals surface area contributed by atoms with Crippen LogP contribution >= 0.6 is 0 Å². The molecule has 2 aromatic carbocycles. The Hall–Kier alpha value is -4.45. The number of fused-ring (bicyclic) bond motifs is 3. The number of nitrogens with one attached hydrogen (secondary N) is 1. The molecule has 0 saturated carbocycles. The molecule has 150 valence electrons. The highest BCUT2D eigenvalue weighted by Gasteiger charge is 2.15. The van der Waals surface area contributed by atoms with E-state index in [9.17, 15) is 9.59 Å². The summed E-state index contributed by atoms with van der Waals surface area (Å²) in [5.41, 5.74) is 5.06. The lowest BCUT2D eigenvalue weighted by atomic mass is 10.1. The average molecular weight is 407 g/mol. The zero-order valence-corrected chi connectivity index (χ0v) is 16.4. The summed E-state index contributed by atoms with van der Waals surface area (Å²) in [6.07, 6.45) is 4.73. The Bertz CT molecular complexity index is 1500. The van der Waals surface area contributed by atoms with Crippen LogP contribution in [0.25, 0.3) is 38.9 Å². The zero-order chi connectivity index (χ0) is 21.4. The number of nitrogens with zero attached hydrogens (tertiary/aromatic N) is 2. The molecule has 0 fully saturated rings. The summed E-state index contributed by atoms with van der Waals surface area (Å²) in [6, 6.07) is 20.0. The lowest BCUT2D eigenvalue weighted by Gasteiger charge is -2.09. The summed E-state index contributed by atoms with van der Waals surface area (Å²) in [5, 5.41) is 3.54. The van der Waals surface area contributed by atoms with Crippen molar-refractivity contribution in [2.45, 2.75) is 0 Å². The number of hydrogen-bond donors (Lipinski definition) is 1. The fourth-order valence-electron chi connectivity index (χ4n) is 3.64. The van der Waals surface area contributed by atoms with E-state index >= 15 is 0 Å². The van der Waals surface area contributed by atoms with Gasteiger partial charge in [0.15, 0.2) is 5.58 Å². The highest BCUT2D eigenvalue weighted by Crippen LogP contribution is 2.32. The van der Waals surface area contributed by atoms with Crippen LogP contribution < -0.4 is 10.9 Å². The van der Waals surface area contributed by atoms with Gasteiger partial charge >= 0.3 is 0 Å². The van der Waals surface area contributed by atoms with E-state index in [0.717, 1.165) is 16.5 Å². The molecular formula is C25H17N3O3. The van der Waals surface area contributed by atoms with Crippen molar-refractivity contribution in [3.8, 4) is 16.8 Å². The van der Waals surface area contributed by atoms with Crippen LogP contribution in [0.5, 0.6) is 0 Å². The van der Waals surface area contributed by atoms with Gasteiger partial charge in [0, 0.05) is 40.8 Å². The maximum Gasteiger partial charge on any atom is 0.255 e. The Kier molecular flexibility index (Phi) is 4.45. The van der Waals surface area contributed by atoms with Crippen LogP contribution in [0.3, 0.4) is 0 Å². The van der Waals surface area contributed by atoms with Crippen molar-refractivity contribution in [1.29, 1.82) is 0 Å². The van der Waals surface area contributed by atoms with Gasteiger partial charge in [0.05, 0.1) is 0 Å². The molecule has 6 nitrogen and oxygen atoms in total. The van der Waals surface area contributed by atoms with Gasteiger partial charge in [-0.15, -0.1) is 0 Å². The second-order valence-corrected chi connectivity index (χ2v) is 7.01. The number of rotatable bonds is 4. The molecule has 31 heavy (non-hydrogen) atoms. The Morgan fingerprint density at radius 1 is 1.00 bits per heavy atom. The second-order valence-electron chi connectivity index (χ2n) is 7.01. The van der Waals surface area contributed by atoms with Gasteiger partial charge in [-0.3, -0.25) is 19.1 Å². The normalized spacial score (nSPS) is 11.0. The summed E-state index contributed by atoms with van der Waals surface area (Å²) in [4.78, 5) is 28.6. The molecule has 3 heterocycles. The van der Waals surface area contributed by atoms with Crippen LogP contribution in [-0.4, -0.2) is 15.5 Å². The Morgan fingerprint density at radius 2 is 1.81 bits per heavy atom. The van der Waals surface area contributed by atoms with Crippen molar-refractivity contribution < 1.29 is 9.21 Å². The van der Waals surface area contributed by atoms with Crippen LogP contribution in [0, 0.1) is 0 Å². The second kappa shape index (κ2) is 7.42. The van der Waals surface area contributed by atoms with E-state index in [2.05, 4.69) is 16.9 Å². The summed E-state index contributed by atoms with van der Waals surface area (Å²) in [7, 11) is 0. The van der Waals surface area contributed by atoms with Gasteiger partial charge in [-0.25, -0.2) is 0 Å². The Balaban J connectivity index is 1.70. The number of benzene rings is 2. The Morgan fingerprint density at radius 3 is 2.55 bits per heavy atom. The molecule has 0 spiro atoms. The van der Waals surface area contributed by atoms with Crippen molar-refractivity contribution in [1.82, 2.24) is 9.55 Å². The van der Waals surface area contributed by atoms with Gasteiger partial charge in [0.25, 0.3) is 5.56 Å². The molecule has 0 aliphatic heterocycles. The minimum Gasteiger partial charge on any atom is -0.454 e. The van der Waals surface area contributed by atoms with E-state index in [1.165, 1.54) is 12.1 Å². The van der Waals surface area contributed by atoms with Crippen LogP contribution in [0.15, 0.2) is 101 Å². The molecule has 3 aromatic heterocycles. The molecule has 6 heteroatoms. The van der Waals surface area contributed by atoms with Crippen molar-refractivity contribution in [3.63, 3.8) is 0 Å². The molecule has 0 aliphatic rings. The maximum absolute atomic E-state index is 12.9. The number of aromatic nitrogens is 2. The van der Waals surface area contributed by atoms with Gasteiger partial charge in [0.1, 0.15) is 11.1 Å². The fourth-order valence-corrected chi connectivity index (χ4v) is 3.64. The fraction of sp³-hybridized carbons (Fsp3) is 0. The highest BCUT2D eigenvalue weighted by atomic mass is 16.3. The van der Waals surface area contributed by atoms with Crippen molar-refractivity contribution in [2.75, 3.05) is 5.32 Å². The molecule has 5 aromatic rings. The van der Waals surface area contributed by atoms with E-state index in [0.29, 0.717) is 28.1 Å². The van der Waals surface area contributed by atoms with Crippen molar-refractivity contribution >= 4 is 33.7 Å². The first-order valence-corrected chi connectivity index (χ1v) is 9.66. The van der Waals surface area contributed by atoms with Gasteiger partial charge in [-0.1, -0.05) is 18.7 Å². The third-order valence-corrected chi connectivity index (χ3v) is 5.08. The van der Waals surface area contributed by atoms with E-state index in [4.69, 9.17) is 4.42 Å². The number of furan rings is 1. The van der Waals surface area contributed by atoms with E-state index in [1.807, 2.05) is 30.3 Å². The van der Waals surface area contributed by atoms with Crippen LogP contribution in [0.4, 0.5) is 5.69 Å². The lowest BCUT2D eigenvalue weighted by Crippen LogP contribution is -2.17. The summed E-state index contributed by atoms with van der Waals surface area (Å²) < 4.78 is 7.63. The molecule has 1 N–H and O–H groups in total. The number of amides is 1. The molecule has 0 saturated heterocycles. The first-order valence-electron chi connectivity index (χ1n) is 9.66. The molecule has 0 atom stereocenters. The zero-order valence-electron chi connectivity index (χ0n) is 16.4. The van der Waals surface area contributed by atoms with Crippen LogP contribution in [-0.2, 0) is 4.79 Å². The first kappa shape index (κ1) is 18.6. The topological polar surface area (TPSA) is 77.1 Å². The molecule has 5 rings (SSSR count). The monoisotopic (exact) mass is 407 g/mol. The number of carbonyl (C=O) groups is 1. The smallest absolute Gasteiger partial charge is 0.255 e. The molecule has 0 aliphatic carbocycles. The van der Waals surface area contributed by atoms with Crippen molar-refractivity contribution in [3.05, 3.63) is 102 Å². The quantitative estimate of drug-likeness (QED) is 0.429.